The number of rotatable bonds is 6. The number of fused-ring (bicyclic) bond motifs is 1. The molecule has 0 aromatic heterocycles. The topological polar surface area (TPSA) is 110 Å². The predicted molar refractivity (Wildman–Crippen MR) is 83.5 cm³/mol. The van der Waals surface area contributed by atoms with Gasteiger partial charge in [-0.1, -0.05) is 24.3 Å². The molecule has 2 aromatic rings. The number of aromatic hydroxyl groups is 1. The first-order valence-corrected chi connectivity index (χ1v) is 8.57. The largest absolute Gasteiger partial charge is 0.507 e. The van der Waals surface area contributed by atoms with Crippen LogP contribution in [0, 0.1) is 0 Å². The van der Waals surface area contributed by atoms with Gasteiger partial charge in [0.15, 0.2) is 0 Å². The number of phenols is 1. The fourth-order valence-corrected chi connectivity index (χ4v) is 2.70. The summed E-state index contributed by atoms with van der Waals surface area (Å²) in [5.74, 6) is -2.71. The molecule has 2 aromatic carbocycles. The van der Waals surface area contributed by atoms with Crippen LogP contribution in [0.4, 0.5) is 17.6 Å². The zero-order valence-corrected chi connectivity index (χ0v) is 14.1. The van der Waals surface area contributed by atoms with Crippen LogP contribution in [0.15, 0.2) is 36.4 Å². The molecule has 1 unspecified atom stereocenters. The molecule has 0 aliphatic heterocycles. The van der Waals surface area contributed by atoms with Crippen LogP contribution in [0.1, 0.15) is 0 Å². The highest BCUT2D eigenvalue weighted by atomic mass is 32.2. The lowest BCUT2D eigenvalue weighted by atomic mass is 10.1. The molecule has 0 aliphatic rings. The Hall–Kier alpha value is -2.60. The molecule has 0 heterocycles. The van der Waals surface area contributed by atoms with Gasteiger partial charge in [-0.25, -0.2) is 9.18 Å². The highest BCUT2D eigenvalue weighted by Crippen LogP contribution is 2.39. The molecule has 2 N–H and O–H groups in total. The minimum Gasteiger partial charge on any atom is -0.507 e. The van der Waals surface area contributed by atoms with E-state index in [0.717, 1.165) is 0 Å². The maximum atomic E-state index is 13.7. The quantitative estimate of drug-likeness (QED) is 0.325. The summed E-state index contributed by atoms with van der Waals surface area (Å²) >= 11 is 0. The van der Waals surface area contributed by atoms with Gasteiger partial charge in [-0.2, -0.15) is 21.6 Å². The van der Waals surface area contributed by atoms with Crippen LogP contribution in [0.2, 0.25) is 0 Å². The van der Waals surface area contributed by atoms with Gasteiger partial charge in [0.25, 0.3) is 0 Å². The second-order valence-corrected chi connectivity index (χ2v) is 6.69. The maximum Gasteiger partial charge on any atom is 0.451 e. The second-order valence-electron chi connectivity index (χ2n) is 5.18. The number of benzene rings is 2. The Kier molecular flexibility index (Phi) is 5.52. The monoisotopic (exact) mass is 412 g/mol. The van der Waals surface area contributed by atoms with Crippen LogP contribution < -0.4 is 4.74 Å². The molecule has 27 heavy (non-hydrogen) atoms. The number of alkyl halides is 4. The average molecular weight is 412 g/mol. The molecular formula is C15H12F4O7S. The maximum absolute atomic E-state index is 13.7. The van der Waals surface area contributed by atoms with Crippen molar-refractivity contribution in [2.75, 3.05) is 13.2 Å². The number of carbonyl (C=O) groups is 1. The minimum absolute atomic E-state index is 0.0510. The van der Waals surface area contributed by atoms with Gasteiger partial charge in [0.2, 0.25) is 0 Å². The van der Waals surface area contributed by atoms with Crippen molar-refractivity contribution < 1.29 is 49.9 Å². The molecule has 0 spiro atoms. The number of halogens is 4. The summed E-state index contributed by atoms with van der Waals surface area (Å²) in [5, 5.41) is 4.98. The summed E-state index contributed by atoms with van der Waals surface area (Å²) < 4.78 is 90.4. The number of phenolic OH excluding ortho intramolecular Hbond substituents is 1. The fourth-order valence-electron chi connectivity index (χ4n) is 2.14. The van der Waals surface area contributed by atoms with Crippen LogP contribution in [0.25, 0.3) is 10.8 Å². The van der Waals surface area contributed by atoms with Gasteiger partial charge < -0.3 is 14.6 Å². The van der Waals surface area contributed by atoms with Crippen molar-refractivity contribution >= 4 is 26.9 Å². The van der Waals surface area contributed by atoms with Gasteiger partial charge in [0, 0.05) is 10.8 Å². The zero-order valence-electron chi connectivity index (χ0n) is 13.2. The van der Waals surface area contributed by atoms with E-state index in [0.29, 0.717) is 10.8 Å². The second kappa shape index (κ2) is 7.19. The van der Waals surface area contributed by atoms with Crippen molar-refractivity contribution in [2.45, 2.75) is 11.2 Å². The summed E-state index contributed by atoms with van der Waals surface area (Å²) in [7, 11) is -6.48. The summed E-state index contributed by atoms with van der Waals surface area (Å²) in [5.41, 5.74) is 0. The van der Waals surface area contributed by atoms with Crippen LogP contribution in [0.3, 0.4) is 0 Å². The summed E-state index contributed by atoms with van der Waals surface area (Å²) in [4.78, 5) is 11.3. The molecule has 0 radical (unpaired) electrons. The van der Waals surface area contributed by atoms with Crippen LogP contribution in [-0.4, -0.2) is 48.4 Å². The van der Waals surface area contributed by atoms with Gasteiger partial charge in [-0.3, -0.25) is 4.55 Å². The van der Waals surface area contributed by atoms with Gasteiger partial charge in [0.05, 0.1) is 0 Å². The third-order valence-corrected chi connectivity index (χ3v) is 4.52. The normalized spacial score (nSPS) is 14.6. The van der Waals surface area contributed by atoms with Crippen LogP contribution >= 0.6 is 0 Å². The molecule has 148 valence electrons. The first kappa shape index (κ1) is 20.7. The number of carbonyl (C=O) groups excluding carboxylic acids is 1. The van der Waals surface area contributed by atoms with Crippen molar-refractivity contribution in [3.63, 3.8) is 0 Å². The molecule has 2 rings (SSSR count). The van der Waals surface area contributed by atoms with Gasteiger partial charge >= 0.3 is 27.3 Å². The lowest BCUT2D eigenvalue weighted by molar-refractivity contribution is -0.215. The lowest BCUT2D eigenvalue weighted by Gasteiger charge is -2.22. The molecule has 0 amide bonds. The summed E-state index contributed by atoms with van der Waals surface area (Å²) in [6.45, 7) is -1.49. The van der Waals surface area contributed by atoms with Crippen molar-refractivity contribution in [1.82, 2.24) is 0 Å². The summed E-state index contributed by atoms with van der Waals surface area (Å²) in [6, 6.07) is 9.04. The zero-order chi connectivity index (χ0) is 20.5. The predicted octanol–water partition coefficient (Wildman–Crippen LogP) is 2.58. The molecule has 1 atom stereocenters. The molecule has 0 bridgehead atoms. The average Bonchev–Trinajstić information content (AvgIpc) is 2.56. The summed E-state index contributed by atoms with van der Waals surface area (Å²) in [6.07, 6.45) is -6.24. The van der Waals surface area contributed by atoms with Crippen molar-refractivity contribution in [2.24, 2.45) is 0 Å². The third kappa shape index (κ3) is 3.90. The lowest BCUT2D eigenvalue weighted by Crippen LogP contribution is -2.55. The van der Waals surface area contributed by atoms with Crippen molar-refractivity contribution in [1.29, 1.82) is 0 Å². The van der Waals surface area contributed by atoms with E-state index in [1.54, 1.807) is 12.1 Å². The van der Waals surface area contributed by atoms with Gasteiger partial charge in [-0.05, 0) is 12.1 Å². The first-order chi connectivity index (χ1) is 12.4. The Morgan fingerprint density at radius 1 is 1.00 bits per heavy atom. The van der Waals surface area contributed by atoms with E-state index in [1.165, 1.54) is 24.3 Å². The van der Waals surface area contributed by atoms with Gasteiger partial charge in [0.1, 0.15) is 24.7 Å². The van der Waals surface area contributed by atoms with E-state index in [2.05, 4.69) is 4.74 Å². The van der Waals surface area contributed by atoms with E-state index in [-0.39, 0.29) is 11.5 Å². The molecule has 0 aliphatic carbocycles. The Morgan fingerprint density at radius 3 is 2.19 bits per heavy atom. The molecule has 0 fully saturated rings. The number of hydrogen-bond acceptors (Lipinski definition) is 6. The van der Waals surface area contributed by atoms with E-state index in [1.807, 2.05) is 0 Å². The molecule has 12 heteroatoms. The number of esters is 1. The first-order valence-electron chi connectivity index (χ1n) is 7.13. The Balaban J connectivity index is 2.07. The highest BCUT2D eigenvalue weighted by molar-refractivity contribution is 7.88. The van der Waals surface area contributed by atoms with E-state index >= 15 is 0 Å². The molecular weight excluding hydrogens is 400 g/mol. The standard InChI is InChI=1S/C15H12F4O7S/c16-14(15(17,18)19,27(22,23)24)13(21)26-8-7-25-12-6-2-3-9-10(12)4-1-5-11(9)20/h1-6,20H,7-8H2,(H,22,23,24). The fraction of sp³-hybridized carbons (Fsp3) is 0.267. The molecule has 7 nitrogen and oxygen atoms in total. The third-order valence-electron chi connectivity index (χ3n) is 3.42. The van der Waals surface area contributed by atoms with E-state index < -0.39 is 40.5 Å². The van der Waals surface area contributed by atoms with Gasteiger partial charge in [-0.15, -0.1) is 0 Å². The molecule has 0 saturated heterocycles. The van der Waals surface area contributed by atoms with Crippen molar-refractivity contribution in [3.8, 4) is 11.5 Å². The Labute approximate surface area is 149 Å². The molecule has 0 saturated carbocycles. The SMILES string of the molecule is O=C(OCCOc1cccc2c(O)cccc12)C(F)(C(F)(F)F)S(=O)(=O)O. The Morgan fingerprint density at radius 2 is 1.59 bits per heavy atom. The number of ether oxygens (including phenoxy) is 2. The van der Waals surface area contributed by atoms with E-state index in [4.69, 9.17) is 9.29 Å². The number of hydrogen-bond donors (Lipinski definition) is 2. The smallest absolute Gasteiger partial charge is 0.451 e. The van der Waals surface area contributed by atoms with Crippen LogP contribution in [-0.2, 0) is 19.6 Å². The Bertz CT molecular complexity index is 958. The van der Waals surface area contributed by atoms with Crippen molar-refractivity contribution in [3.05, 3.63) is 36.4 Å². The minimum atomic E-state index is -6.48. The highest BCUT2D eigenvalue weighted by Gasteiger charge is 2.72. The van der Waals surface area contributed by atoms with E-state index in [9.17, 15) is 35.9 Å². The van der Waals surface area contributed by atoms with Crippen LogP contribution in [0.5, 0.6) is 11.5 Å².